The summed E-state index contributed by atoms with van der Waals surface area (Å²) in [4.78, 5) is 0. The molecule has 0 heterocycles. The van der Waals surface area contributed by atoms with Crippen LogP contribution in [0.5, 0.6) is 0 Å². The maximum absolute atomic E-state index is 13.4. The van der Waals surface area contributed by atoms with Gasteiger partial charge in [0.2, 0.25) is 0 Å². The lowest BCUT2D eigenvalue weighted by molar-refractivity contribution is -0.191. The number of halogens is 4. The van der Waals surface area contributed by atoms with E-state index in [-0.39, 0.29) is 12.1 Å². The van der Waals surface area contributed by atoms with E-state index in [9.17, 15) is 17.6 Å². The van der Waals surface area contributed by atoms with Gasteiger partial charge in [-0.2, -0.15) is 13.2 Å². The summed E-state index contributed by atoms with van der Waals surface area (Å²) in [6.07, 6.45) is -4.25. The Bertz CT molecular complexity index is 389. The zero-order valence-corrected chi connectivity index (χ0v) is 10.4. The summed E-state index contributed by atoms with van der Waals surface area (Å²) in [5.74, 6) is -0.605. The quantitative estimate of drug-likeness (QED) is 0.799. The number of benzene rings is 1. The first-order valence-corrected chi connectivity index (χ1v) is 5.85. The van der Waals surface area contributed by atoms with Gasteiger partial charge in [-0.15, -0.1) is 0 Å². The Kier molecular flexibility index (Phi) is 4.73. The molecule has 0 aliphatic rings. The van der Waals surface area contributed by atoms with Gasteiger partial charge in [0.25, 0.3) is 0 Å². The molecule has 18 heavy (non-hydrogen) atoms. The fraction of sp³-hybridized carbons (Fsp3) is 0.538. The van der Waals surface area contributed by atoms with Crippen LogP contribution in [-0.2, 0) is 6.42 Å². The van der Waals surface area contributed by atoms with E-state index >= 15 is 0 Å². The normalized spacial score (nSPS) is 15.4. The second kappa shape index (κ2) is 5.69. The zero-order chi connectivity index (χ0) is 13.8. The summed E-state index contributed by atoms with van der Waals surface area (Å²) in [6.45, 7) is 3.09. The van der Waals surface area contributed by atoms with Crippen LogP contribution in [0.15, 0.2) is 24.3 Å². The van der Waals surface area contributed by atoms with Gasteiger partial charge < -0.3 is 5.32 Å². The van der Waals surface area contributed by atoms with Crippen molar-refractivity contribution >= 4 is 0 Å². The Balaban J connectivity index is 2.95. The van der Waals surface area contributed by atoms with E-state index in [0.717, 1.165) is 6.92 Å². The third kappa shape index (κ3) is 3.45. The predicted octanol–water partition coefficient (Wildman–Crippen LogP) is 3.69. The van der Waals surface area contributed by atoms with Gasteiger partial charge in [-0.05, 0) is 31.5 Å². The Morgan fingerprint density at radius 3 is 2.28 bits per heavy atom. The van der Waals surface area contributed by atoms with Gasteiger partial charge in [0.05, 0.1) is 0 Å². The summed E-state index contributed by atoms with van der Waals surface area (Å²) in [5.41, 5.74) is -2.04. The van der Waals surface area contributed by atoms with Crippen LogP contribution in [0.2, 0.25) is 0 Å². The van der Waals surface area contributed by atoms with Crippen LogP contribution in [-0.4, -0.2) is 18.3 Å². The van der Waals surface area contributed by atoms with Crippen LogP contribution in [0.4, 0.5) is 17.6 Å². The number of hydrogen-bond donors (Lipinski definition) is 1. The highest BCUT2D eigenvalue weighted by Gasteiger charge is 2.50. The molecule has 0 radical (unpaired) electrons. The van der Waals surface area contributed by atoms with Gasteiger partial charge in [-0.1, -0.05) is 25.1 Å². The lowest BCUT2D eigenvalue weighted by Gasteiger charge is -2.33. The van der Waals surface area contributed by atoms with Crippen molar-refractivity contribution in [1.82, 2.24) is 5.32 Å². The maximum Gasteiger partial charge on any atom is 0.406 e. The van der Waals surface area contributed by atoms with E-state index in [1.54, 1.807) is 6.92 Å². The molecule has 0 aliphatic heterocycles. The molecule has 0 aromatic heterocycles. The van der Waals surface area contributed by atoms with E-state index in [2.05, 4.69) is 5.32 Å². The third-order valence-corrected chi connectivity index (χ3v) is 2.89. The minimum Gasteiger partial charge on any atom is -0.304 e. The minimum atomic E-state index is -4.43. The smallest absolute Gasteiger partial charge is 0.304 e. The number of alkyl halides is 3. The molecule has 1 aromatic carbocycles. The summed E-state index contributed by atoms with van der Waals surface area (Å²) in [6, 6.07) is 5.55. The molecule has 5 heteroatoms. The summed E-state index contributed by atoms with van der Waals surface area (Å²) < 4.78 is 52.6. The Labute approximate surface area is 104 Å². The molecule has 0 saturated heterocycles. The number of nitrogens with one attached hydrogen (secondary N) is 1. The van der Waals surface area contributed by atoms with Gasteiger partial charge in [-0.25, -0.2) is 4.39 Å². The molecule has 0 bridgehead atoms. The molecule has 0 fully saturated rings. The van der Waals surface area contributed by atoms with Crippen LogP contribution < -0.4 is 5.32 Å². The molecule has 1 nitrogen and oxygen atoms in total. The van der Waals surface area contributed by atoms with Crippen molar-refractivity contribution in [1.29, 1.82) is 0 Å². The second-order valence-electron chi connectivity index (χ2n) is 4.52. The van der Waals surface area contributed by atoms with Crippen LogP contribution in [0.25, 0.3) is 0 Å². The van der Waals surface area contributed by atoms with Crippen LogP contribution in [0, 0.1) is 5.82 Å². The largest absolute Gasteiger partial charge is 0.406 e. The van der Waals surface area contributed by atoms with Crippen LogP contribution in [0.3, 0.4) is 0 Å². The van der Waals surface area contributed by atoms with Crippen molar-refractivity contribution in [3.8, 4) is 0 Å². The highest BCUT2D eigenvalue weighted by Crippen LogP contribution is 2.33. The van der Waals surface area contributed by atoms with E-state index in [4.69, 9.17) is 0 Å². The van der Waals surface area contributed by atoms with Crippen molar-refractivity contribution in [2.45, 2.75) is 38.4 Å². The van der Waals surface area contributed by atoms with Crippen LogP contribution in [0.1, 0.15) is 25.8 Å². The van der Waals surface area contributed by atoms with Gasteiger partial charge in [0, 0.05) is 6.42 Å². The minimum absolute atomic E-state index is 0.0703. The average Bonchev–Trinajstić information content (AvgIpc) is 2.28. The number of hydrogen-bond acceptors (Lipinski definition) is 1. The Hall–Kier alpha value is -1.10. The SMILES string of the molecule is CCCNC(C)(Cc1ccccc1F)C(F)(F)F. The van der Waals surface area contributed by atoms with Gasteiger partial charge in [-0.3, -0.25) is 0 Å². The van der Waals surface area contributed by atoms with Crippen molar-refractivity contribution in [3.63, 3.8) is 0 Å². The van der Waals surface area contributed by atoms with E-state index < -0.39 is 24.0 Å². The van der Waals surface area contributed by atoms with Crippen LogP contribution >= 0.6 is 0 Å². The zero-order valence-electron chi connectivity index (χ0n) is 10.4. The van der Waals surface area contributed by atoms with E-state index in [1.165, 1.54) is 24.3 Å². The third-order valence-electron chi connectivity index (χ3n) is 2.89. The lowest BCUT2D eigenvalue weighted by atomic mass is 9.91. The molecule has 0 aliphatic carbocycles. The lowest BCUT2D eigenvalue weighted by Crippen LogP contribution is -2.56. The summed E-state index contributed by atoms with van der Waals surface area (Å²) in [5, 5.41) is 2.47. The molecular formula is C13H17F4N. The van der Waals surface area contributed by atoms with Gasteiger partial charge in [0.15, 0.2) is 0 Å². The monoisotopic (exact) mass is 263 g/mol. The summed E-state index contributed by atoms with van der Waals surface area (Å²) in [7, 11) is 0. The molecular weight excluding hydrogens is 246 g/mol. The first kappa shape index (κ1) is 15.0. The first-order chi connectivity index (χ1) is 8.30. The van der Waals surface area contributed by atoms with Crippen molar-refractivity contribution in [3.05, 3.63) is 35.6 Å². The average molecular weight is 263 g/mol. The molecule has 0 amide bonds. The molecule has 1 rings (SSSR count). The molecule has 102 valence electrons. The van der Waals surface area contributed by atoms with Gasteiger partial charge >= 0.3 is 6.18 Å². The summed E-state index contributed by atoms with van der Waals surface area (Å²) >= 11 is 0. The van der Waals surface area contributed by atoms with E-state index in [1.807, 2.05) is 0 Å². The molecule has 1 N–H and O–H groups in total. The second-order valence-corrected chi connectivity index (χ2v) is 4.52. The Morgan fingerprint density at radius 1 is 1.17 bits per heavy atom. The standard InChI is InChI=1S/C13H17F4N/c1-3-8-18-12(2,13(15,16)17)9-10-6-4-5-7-11(10)14/h4-7,18H,3,8-9H2,1-2H3. The Morgan fingerprint density at radius 2 is 1.78 bits per heavy atom. The molecule has 0 spiro atoms. The topological polar surface area (TPSA) is 12.0 Å². The first-order valence-electron chi connectivity index (χ1n) is 5.85. The van der Waals surface area contributed by atoms with Gasteiger partial charge in [0.1, 0.15) is 11.4 Å². The molecule has 0 saturated carbocycles. The molecule has 1 atom stereocenters. The maximum atomic E-state index is 13.4. The highest BCUT2D eigenvalue weighted by molar-refractivity contribution is 5.20. The fourth-order valence-corrected chi connectivity index (χ4v) is 1.69. The molecule has 1 unspecified atom stereocenters. The van der Waals surface area contributed by atoms with Crippen molar-refractivity contribution < 1.29 is 17.6 Å². The van der Waals surface area contributed by atoms with E-state index in [0.29, 0.717) is 6.42 Å². The molecule has 1 aromatic rings. The predicted molar refractivity (Wildman–Crippen MR) is 62.9 cm³/mol. The highest BCUT2D eigenvalue weighted by atomic mass is 19.4. The fourth-order valence-electron chi connectivity index (χ4n) is 1.69. The van der Waals surface area contributed by atoms with Crippen molar-refractivity contribution in [2.75, 3.05) is 6.54 Å². The number of rotatable bonds is 5. The van der Waals surface area contributed by atoms with Crippen molar-refractivity contribution in [2.24, 2.45) is 0 Å².